The summed E-state index contributed by atoms with van der Waals surface area (Å²) in [5.74, 6) is -0.134. The number of aromatic nitrogens is 1. The topological polar surface area (TPSA) is 74.4 Å². The Hall–Kier alpha value is -2.27. The molecule has 0 atom stereocenters. The zero-order valence-corrected chi connectivity index (χ0v) is 11.6. The first-order chi connectivity index (χ1) is 9.61. The summed E-state index contributed by atoms with van der Waals surface area (Å²) in [6.07, 6.45) is 3.14. The van der Waals surface area contributed by atoms with E-state index in [1.807, 2.05) is 0 Å². The van der Waals surface area contributed by atoms with Gasteiger partial charge >= 0.3 is 5.97 Å². The molecule has 2 aromatic rings. The van der Waals surface area contributed by atoms with Crippen molar-refractivity contribution < 1.29 is 14.3 Å². The summed E-state index contributed by atoms with van der Waals surface area (Å²) in [5, 5.41) is 0.496. The molecule has 20 heavy (non-hydrogen) atoms. The Balaban J connectivity index is 2.22. The number of rotatable bonds is 4. The first kappa shape index (κ1) is 14.1. The highest BCUT2D eigenvalue weighted by Crippen LogP contribution is 2.24. The third-order valence-corrected chi connectivity index (χ3v) is 2.99. The second kappa shape index (κ2) is 6.25. The maximum Gasteiger partial charge on any atom is 0.341 e. The van der Waals surface area contributed by atoms with Crippen LogP contribution in [0.4, 0.5) is 5.69 Å². The molecule has 0 amide bonds. The first-order valence-corrected chi connectivity index (χ1v) is 6.18. The minimum Gasteiger partial charge on any atom is -0.488 e. The number of hydrogen-bond acceptors (Lipinski definition) is 5. The van der Waals surface area contributed by atoms with Crippen molar-refractivity contribution >= 4 is 23.3 Å². The van der Waals surface area contributed by atoms with Crippen molar-refractivity contribution in [3.05, 3.63) is 52.8 Å². The number of nitrogen functional groups attached to an aromatic ring is 1. The zero-order chi connectivity index (χ0) is 14.5. The van der Waals surface area contributed by atoms with Crippen molar-refractivity contribution in [3.8, 4) is 5.75 Å². The number of carbonyl (C=O) groups is 1. The number of pyridine rings is 1. The summed E-state index contributed by atoms with van der Waals surface area (Å²) >= 11 is 5.99. The summed E-state index contributed by atoms with van der Waals surface area (Å²) in [7, 11) is 1.31. The average Bonchev–Trinajstić information content (AvgIpc) is 2.46. The van der Waals surface area contributed by atoms with E-state index in [9.17, 15) is 4.79 Å². The van der Waals surface area contributed by atoms with Gasteiger partial charge in [-0.1, -0.05) is 11.6 Å². The highest BCUT2D eigenvalue weighted by Gasteiger charge is 2.14. The molecule has 1 aromatic carbocycles. The van der Waals surface area contributed by atoms with Crippen LogP contribution >= 0.6 is 11.6 Å². The molecule has 0 spiro atoms. The van der Waals surface area contributed by atoms with Gasteiger partial charge in [-0.05, 0) is 18.2 Å². The van der Waals surface area contributed by atoms with Gasteiger partial charge in [0.05, 0.1) is 12.1 Å². The summed E-state index contributed by atoms with van der Waals surface area (Å²) < 4.78 is 10.3. The summed E-state index contributed by atoms with van der Waals surface area (Å²) in [4.78, 5) is 15.5. The fourth-order valence-corrected chi connectivity index (χ4v) is 1.79. The third-order valence-electron chi connectivity index (χ3n) is 2.65. The van der Waals surface area contributed by atoms with Crippen molar-refractivity contribution in [2.45, 2.75) is 6.61 Å². The molecule has 0 saturated carbocycles. The fourth-order valence-electron chi connectivity index (χ4n) is 1.61. The number of hydrogen-bond donors (Lipinski definition) is 1. The van der Waals surface area contributed by atoms with E-state index in [-0.39, 0.29) is 6.61 Å². The Morgan fingerprint density at radius 3 is 2.90 bits per heavy atom. The van der Waals surface area contributed by atoms with Gasteiger partial charge in [0.2, 0.25) is 0 Å². The molecule has 2 N–H and O–H groups in total. The maximum absolute atomic E-state index is 11.6. The van der Waals surface area contributed by atoms with E-state index in [2.05, 4.69) is 4.98 Å². The summed E-state index contributed by atoms with van der Waals surface area (Å²) in [6.45, 7) is 0.203. The van der Waals surface area contributed by atoms with Crippen molar-refractivity contribution in [2.75, 3.05) is 12.8 Å². The van der Waals surface area contributed by atoms with Gasteiger partial charge in [-0.2, -0.15) is 0 Å². The highest BCUT2D eigenvalue weighted by molar-refractivity contribution is 6.31. The molecule has 0 bridgehead atoms. The lowest BCUT2D eigenvalue weighted by Crippen LogP contribution is -2.06. The Kier molecular flexibility index (Phi) is 4.42. The maximum atomic E-state index is 11.6. The Labute approximate surface area is 121 Å². The number of ether oxygens (including phenoxy) is 2. The molecule has 6 heteroatoms. The van der Waals surface area contributed by atoms with E-state index < -0.39 is 5.97 Å². The molecule has 0 aliphatic carbocycles. The van der Waals surface area contributed by atoms with Crippen LogP contribution < -0.4 is 10.5 Å². The van der Waals surface area contributed by atoms with Gasteiger partial charge in [0, 0.05) is 29.7 Å². The molecule has 104 valence electrons. The predicted molar refractivity (Wildman–Crippen MR) is 75.8 cm³/mol. The molecule has 1 aromatic heterocycles. The first-order valence-electron chi connectivity index (χ1n) is 5.81. The van der Waals surface area contributed by atoms with E-state index in [0.29, 0.717) is 22.0 Å². The molecule has 0 radical (unpaired) electrons. The van der Waals surface area contributed by atoms with Crippen LogP contribution in [0.1, 0.15) is 15.9 Å². The molecule has 1 heterocycles. The number of esters is 1. The molecule has 2 rings (SSSR count). The number of nitrogens with zero attached hydrogens (tertiary/aromatic N) is 1. The number of benzene rings is 1. The minimum atomic E-state index is -0.485. The second-order valence-electron chi connectivity index (χ2n) is 4.00. The monoisotopic (exact) mass is 292 g/mol. The second-order valence-corrected chi connectivity index (χ2v) is 4.41. The van der Waals surface area contributed by atoms with E-state index in [4.69, 9.17) is 26.8 Å². The van der Waals surface area contributed by atoms with E-state index in [1.54, 1.807) is 30.5 Å². The van der Waals surface area contributed by atoms with Crippen LogP contribution in [-0.2, 0) is 11.3 Å². The normalized spacial score (nSPS) is 10.1. The van der Waals surface area contributed by atoms with E-state index >= 15 is 0 Å². The number of methoxy groups -OCH3 is 1. The standard InChI is InChI=1S/C14H13ClN2O3/c1-19-14(18)11-3-2-10(16)6-13(11)20-8-9-4-5-17-7-12(9)15/h2-7H,8,16H2,1H3. The molecule has 0 saturated heterocycles. The van der Waals surface area contributed by atoms with Crippen LogP contribution in [0.25, 0.3) is 0 Å². The molecular weight excluding hydrogens is 280 g/mol. The van der Waals surface area contributed by atoms with Crippen LogP contribution in [0.15, 0.2) is 36.7 Å². The number of nitrogens with two attached hydrogens (primary N) is 1. The highest BCUT2D eigenvalue weighted by atomic mass is 35.5. The summed E-state index contributed by atoms with van der Waals surface area (Å²) in [5.41, 5.74) is 7.27. The van der Waals surface area contributed by atoms with E-state index in [1.165, 1.54) is 13.3 Å². The van der Waals surface area contributed by atoms with Gasteiger partial charge in [0.25, 0.3) is 0 Å². The van der Waals surface area contributed by atoms with Gasteiger partial charge in [0.1, 0.15) is 17.9 Å². The van der Waals surface area contributed by atoms with Crippen LogP contribution in [0, 0.1) is 0 Å². The Bertz CT molecular complexity index is 632. The lowest BCUT2D eigenvalue weighted by Gasteiger charge is -2.11. The number of anilines is 1. The average molecular weight is 293 g/mol. The van der Waals surface area contributed by atoms with Crippen molar-refractivity contribution in [1.82, 2.24) is 4.98 Å². The SMILES string of the molecule is COC(=O)c1ccc(N)cc1OCc1ccncc1Cl. The van der Waals surface area contributed by atoms with Gasteiger partial charge < -0.3 is 15.2 Å². The molecule has 5 nitrogen and oxygen atoms in total. The predicted octanol–water partition coefficient (Wildman–Crippen LogP) is 2.68. The molecule has 0 fully saturated rings. The van der Waals surface area contributed by atoms with Gasteiger partial charge in [-0.15, -0.1) is 0 Å². The Morgan fingerprint density at radius 1 is 1.40 bits per heavy atom. The zero-order valence-electron chi connectivity index (χ0n) is 10.8. The quantitative estimate of drug-likeness (QED) is 0.693. The molecular formula is C14H13ClN2O3. The van der Waals surface area contributed by atoms with Crippen molar-refractivity contribution in [3.63, 3.8) is 0 Å². The lowest BCUT2D eigenvalue weighted by molar-refractivity contribution is 0.0595. The smallest absolute Gasteiger partial charge is 0.341 e. The third kappa shape index (κ3) is 3.19. The van der Waals surface area contributed by atoms with Crippen LogP contribution in [0.5, 0.6) is 5.75 Å². The van der Waals surface area contributed by atoms with Crippen molar-refractivity contribution in [1.29, 1.82) is 0 Å². The molecule has 0 aliphatic rings. The summed E-state index contributed by atoms with van der Waals surface area (Å²) in [6, 6.07) is 6.48. The molecule has 0 unspecified atom stereocenters. The van der Waals surface area contributed by atoms with Crippen LogP contribution in [0.3, 0.4) is 0 Å². The largest absolute Gasteiger partial charge is 0.488 e. The van der Waals surface area contributed by atoms with Crippen LogP contribution in [0.2, 0.25) is 5.02 Å². The Morgan fingerprint density at radius 2 is 2.20 bits per heavy atom. The van der Waals surface area contributed by atoms with Crippen molar-refractivity contribution in [2.24, 2.45) is 0 Å². The minimum absolute atomic E-state index is 0.203. The van der Waals surface area contributed by atoms with E-state index in [0.717, 1.165) is 5.56 Å². The molecule has 0 aliphatic heterocycles. The lowest BCUT2D eigenvalue weighted by atomic mass is 10.2. The fraction of sp³-hybridized carbons (Fsp3) is 0.143. The van der Waals surface area contributed by atoms with Gasteiger partial charge in [-0.25, -0.2) is 4.79 Å². The van der Waals surface area contributed by atoms with Gasteiger partial charge in [-0.3, -0.25) is 4.98 Å². The number of halogens is 1. The van der Waals surface area contributed by atoms with Gasteiger partial charge in [0.15, 0.2) is 0 Å². The number of carbonyl (C=O) groups excluding carboxylic acids is 1. The van der Waals surface area contributed by atoms with Crippen LogP contribution in [-0.4, -0.2) is 18.1 Å².